The smallest absolute Gasteiger partial charge is 0.248 e. The highest BCUT2D eigenvalue weighted by molar-refractivity contribution is 5.79. The predicted molar refractivity (Wildman–Crippen MR) is 61.1 cm³/mol. The third-order valence-corrected chi connectivity index (χ3v) is 1.99. The van der Waals surface area contributed by atoms with Gasteiger partial charge >= 0.3 is 0 Å². The van der Waals surface area contributed by atoms with E-state index < -0.39 is 12.0 Å². The van der Waals surface area contributed by atoms with Crippen LogP contribution in [0.4, 0.5) is 11.4 Å². The molecule has 6 heteroatoms. The minimum absolute atomic E-state index is 0.0297. The Hall–Kier alpha value is -1.95. The minimum Gasteiger partial charge on any atom is -0.497 e. The van der Waals surface area contributed by atoms with E-state index in [2.05, 4.69) is 5.32 Å². The Kier molecular flexibility index (Phi) is 3.96. The van der Waals surface area contributed by atoms with Gasteiger partial charge in [-0.1, -0.05) is 0 Å². The molecule has 0 aliphatic carbocycles. The highest BCUT2D eigenvalue weighted by Crippen LogP contribution is 2.21. The maximum absolute atomic E-state index is 10.6. The van der Waals surface area contributed by atoms with Gasteiger partial charge in [-0.3, -0.25) is 4.79 Å². The van der Waals surface area contributed by atoms with Crippen LogP contribution >= 0.6 is 0 Å². The molecule has 6 N–H and O–H groups in total. The van der Waals surface area contributed by atoms with E-state index in [-0.39, 0.29) is 6.54 Å². The number of ether oxygens (including phenoxy) is 1. The van der Waals surface area contributed by atoms with Crippen LogP contribution in [-0.2, 0) is 4.79 Å². The molecule has 16 heavy (non-hydrogen) atoms. The van der Waals surface area contributed by atoms with Gasteiger partial charge < -0.3 is 26.6 Å². The molecule has 6 nitrogen and oxygen atoms in total. The van der Waals surface area contributed by atoms with Crippen molar-refractivity contribution in [1.82, 2.24) is 0 Å². The lowest BCUT2D eigenvalue weighted by Gasteiger charge is -2.11. The first kappa shape index (κ1) is 12.1. The number of methoxy groups -OCH3 is 1. The predicted octanol–water partition coefficient (Wildman–Crippen LogP) is -0.465. The number of nitrogens with one attached hydrogen (secondary N) is 1. The maximum atomic E-state index is 10.6. The molecule has 0 saturated heterocycles. The van der Waals surface area contributed by atoms with Crippen LogP contribution in [0.15, 0.2) is 18.2 Å². The monoisotopic (exact) mass is 225 g/mol. The van der Waals surface area contributed by atoms with E-state index in [1.54, 1.807) is 18.2 Å². The first-order valence-corrected chi connectivity index (χ1v) is 4.68. The molecule has 0 spiro atoms. The highest BCUT2D eigenvalue weighted by atomic mass is 16.5. The number of hydrogen-bond donors (Lipinski definition) is 4. The summed E-state index contributed by atoms with van der Waals surface area (Å²) in [6.45, 7) is 0.0297. The van der Waals surface area contributed by atoms with Crippen molar-refractivity contribution in [2.24, 2.45) is 5.73 Å². The van der Waals surface area contributed by atoms with Gasteiger partial charge in [0, 0.05) is 30.1 Å². The largest absolute Gasteiger partial charge is 0.497 e. The van der Waals surface area contributed by atoms with Gasteiger partial charge in [0.05, 0.1) is 7.11 Å². The number of nitrogen functional groups attached to an aromatic ring is 1. The molecule has 0 aliphatic heterocycles. The summed E-state index contributed by atoms with van der Waals surface area (Å²) in [6.07, 6.45) is -1.23. The topological polar surface area (TPSA) is 111 Å². The Labute approximate surface area is 93.2 Å². The number of rotatable bonds is 5. The molecule has 0 radical (unpaired) electrons. The number of anilines is 2. The first-order chi connectivity index (χ1) is 7.52. The Morgan fingerprint density at radius 3 is 2.81 bits per heavy atom. The fourth-order valence-electron chi connectivity index (χ4n) is 1.16. The van der Waals surface area contributed by atoms with Gasteiger partial charge in [-0.25, -0.2) is 0 Å². The van der Waals surface area contributed by atoms with E-state index in [4.69, 9.17) is 16.2 Å². The lowest BCUT2D eigenvalue weighted by atomic mass is 10.2. The van der Waals surface area contributed by atoms with Gasteiger partial charge in [0.2, 0.25) is 5.91 Å². The second-order valence-electron chi connectivity index (χ2n) is 3.29. The highest BCUT2D eigenvalue weighted by Gasteiger charge is 2.10. The normalized spacial score (nSPS) is 11.9. The van der Waals surface area contributed by atoms with E-state index >= 15 is 0 Å². The van der Waals surface area contributed by atoms with E-state index in [0.29, 0.717) is 17.1 Å². The zero-order valence-corrected chi connectivity index (χ0v) is 8.93. The number of aliphatic hydroxyl groups excluding tert-OH is 1. The summed E-state index contributed by atoms with van der Waals surface area (Å²) >= 11 is 0. The average molecular weight is 225 g/mol. The number of nitrogens with two attached hydrogens (primary N) is 2. The second kappa shape index (κ2) is 5.22. The Morgan fingerprint density at radius 1 is 1.56 bits per heavy atom. The van der Waals surface area contributed by atoms with Crippen molar-refractivity contribution >= 4 is 17.3 Å². The van der Waals surface area contributed by atoms with E-state index in [1.807, 2.05) is 0 Å². The van der Waals surface area contributed by atoms with Crippen molar-refractivity contribution < 1.29 is 14.6 Å². The van der Waals surface area contributed by atoms with Crippen LogP contribution in [0.3, 0.4) is 0 Å². The van der Waals surface area contributed by atoms with Gasteiger partial charge in [0.15, 0.2) is 0 Å². The molecule has 0 bridgehead atoms. The fourth-order valence-corrected chi connectivity index (χ4v) is 1.16. The van der Waals surface area contributed by atoms with Crippen LogP contribution in [0, 0.1) is 0 Å². The van der Waals surface area contributed by atoms with Crippen molar-refractivity contribution in [3.63, 3.8) is 0 Å². The summed E-state index contributed by atoms with van der Waals surface area (Å²) in [5.74, 6) is -0.181. The van der Waals surface area contributed by atoms with Crippen molar-refractivity contribution in [2.45, 2.75) is 6.10 Å². The lowest BCUT2D eigenvalue weighted by Crippen LogP contribution is -2.34. The summed E-state index contributed by atoms with van der Waals surface area (Å²) in [4.78, 5) is 10.6. The number of benzene rings is 1. The molecule has 1 amide bonds. The third-order valence-electron chi connectivity index (χ3n) is 1.99. The molecule has 1 aromatic rings. The van der Waals surface area contributed by atoms with Crippen LogP contribution in [-0.4, -0.2) is 30.8 Å². The van der Waals surface area contributed by atoms with E-state index in [1.165, 1.54) is 7.11 Å². The summed E-state index contributed by atoms with van der Waals surface area (Å²) < 4.78 is 5.02. The number of carbonyl (C=O) groups is 1. The lowest BCUT2D eigenvalue weighted by molar-refractivity contribution is -0.125. The van der Waals surface area contributed by atoms with E-state index in [9.17, 15) is 9.90 Å². The van der Waals surface area contributed by atoms with Crippen molar-refractivity contribution in [3.05, 3.63) is 18.2 Å². The number of carbonyl (C=O) groups excluding carboxylic acids is 1. The summed E-state index contributed by atoms with van der Waals surface area (Å²) in [7, 11) is 1.52. The minimum atomic E-state index is -1.23. The quantitative estimate of drug-likeness (QED) is 0.506. The second-order valence-corrected chi connectivity index (χ2v) is 3.29. The van der Waals surface area contributed by atoms with Crippen LogP contribution < -0.4 is 21.5 Å². The summed E-state index contributed by atoms with van der Waals surface area (Å²) in [6, 6.07) is 5.02. The van der Waals surface area contributed by atoms with Gasteiger partial charge in [-0.05, 0) is 6.07 Å². The van der Waals surface area contributed by atoms with Gasteiger partial charge in [0.1, 0.15) is 11.9 Å². The molecule has 1 aromatic carbocycles. The summed E-state index contributed by atoms with van der Waals surface area (Å²) in [5.41, 5.74) is 11.7. The molecular formula is C10H15N3O3. The number of amides is 1. The molecule has 0 fully saturated rings. The van der Waals surface area contributed by atoms with Crippen LogP contribution in [0.1, 0.15) is 0 Å². The van der Waals surface area contributed by atoms with Crippen molar-refractivity contribution in [2.75, 3.05) is 24.7 Å². The number of primary amides is 1. The number of hydrogen-bond acceptors (Lipinski definition) is 5. The molecular weight excluding hydrogens is 210 g/mol. The van der Waals surface area contributed by atoms with Crippen LogP contribution in [0.5, 0.6) is 5.75 Å². The van der Waals surface area contributed by atoms with Crippen LogP contribution in [0.2, 0.25) is 0 Å². The van der Waals surface area contributed by atoms with Gasteiger partial charge in [0.25, 0.3) is 0 Å². The SMILES string of the molecule is COc1cc(N)cc(NCC(O)C(N)=O)c1. The molecule has 1 rings (SSSR count). The molecule has 1 unspecified atom stereocenters. The zero-order chi connectivity index (χ0) is 12.1. The standard InChI is InChI=1S/C10H15N3O3/c1-16-8-3-6(11)2-7(4-8)13-5-9(14)10(12)15/h2-4,9,13-14H,5,11H2,1H3,(H2,12,15). The third kappa shape index (κ3) is 3.32. The Bertz CT molecular complexity index is 382. The molecule has 88 valence electrons. The molecule has 0 aromatic heterocycles. The summed E-state index contributed by atoms with van der Waals surface area (Å²) in [5, 5.41) is 12.0. The Balaban J connectivity index is 2.66. The van der Waals surface area contributed by atoms with Crippen molar-refractivity contribution in [3.8, 4) is 5.75 Å². The molecule has 0 aliphatic rings. The molecule has 1 atom stereocenters. The van der Waals surface area contributed by atoms with Gasteiger partial charge in [-0.15, -0.1) is 0 Å². The van der Waals surface area contributed by atoms with Crippen LogP contribution in [0.25, 0.3) is 0 Å². The molecule has 0 heterocycles. The molecule has 0 saturated carbocycles. The van der Waals surface area contributed by atoms with E-state index in [0.717, 1.165) is 0 Å². The fraction of sp³-hybridized carbons (Fsp3) is 0.300. The Morgan fingerprint density at radius 2 is 2.25 bits per heavy atom. The number of aliphatic hydroxyl groups is 1. The van der Waals surface area contributed by atoms with Gasteiger partial charge in [-0.2, -0.15) is 0 Å². The van der Waals surface area contributed by atoms with Crippen molar-refractivity contribution in [1.29, 1.82) is 0 Å². The zero-order valence-electron chi connectivity index (χ0n) is 8.93. The first-order valence-electron chi connectivity index (χ1n) is 4.68. The average Bonchev–Trinajstić information content (AvgIpc) is 2.24. The maximum Gasteiger partial charge on any atom is 0.248 e.